The summed E-state index contributed by atoms with van der Waals surface area (Å²) < 4.78 is 8.64. The summed E-state index contributed by atoms with van der Waals surface area (Å²) in [6, 6.07) is 5.55. The van der Waals surface area contributed by atoms with Crippen LogP contribution in [0.15, 0.2) is 32.3 Å². The first-order valence-corrected chi connectivity index (χ1v) is 9.52. The summed E-state index contributed by atoms with van der Waals surface area (Å²) in [4.78, 5) is 39.3. The van der Waals surface area contributed by atoms with Gasteiger partial charge in [-0.25, -0.2) is 4.79 Å². The standard InChI is InChI=1S/C18H14IN5O4/c1-7-11-14(28-22-7)21-13-12(15(25)24(3)17(27)23(13)2)18(11)9-6-8(19)4-5-10(9)20-16(18)26/h4-6,21H,1-3H3,(H,20,26). The number of nitrogens with zero attached hydrogens (tertiary/aromatic N) is 3. The van der Waals surface area contributed by atoms with E-state index in [4.69, 9.17) is 4.52 Å². The van der Waals surface area contributed by atoms with Crippen molar-refractivity contribution >= 4 is 45.9 Å². The number of nitrogens with one attached hydrogen (secondary N) is 2. The Bertz CT molecular complexity index is 1330. The van der Waals surface area contributed by atoms with Gasteiger partial charge >= 0.3 is 5.69 Å². The molecule has 10 heteroatoms. The Hall–Kier alpha value is -2.89. The van der Waals surface area contributed by atoms with Gasteiger partial charge in [0.1, 0.15) is 11.2 Å². The van der Waals surface area contributed by atoms with E-state index in [1.807, 2.05) is 12.1 Å². The molecular formula is C18H14IN5O4. The summed E-state index contributed by atoms with van der Waals surface area (Å²) in [5, 5.41) is 9.90. The summed E-state index contributed by atoms with van der Waals surface area (Å²) in [7, 11) is 2.94. The fraction of sp³-hybridized carbons (Fsp3) is 0.222. The van der Waals surface area contributed by atoms with E-state index in [1.54, 1.807) is 13.0 Å². The Morgan fingerprint density at radius 2 is 1.86 bits per heavy atom. The third kappa shape index (κ3) is 1.81. The van der Waals surface area contributed by atoms with Gasteiger partial charge in [-0.2, -0.15) is 0 Å². The van der Waals surface area contributed by atoms with Crippen molar-refractivity contribution in [3.05, 3.63) is 65.0 Å². The van der Waals surface area contributed by atoms with E-state index in [-0.39, 0.29) is 23.2 Å². The molecule has 4 heterocycles. The lowest BCUT2D eigenvalue weighted by molar-refractivity contribution is -0.118. The highest BCUT2D eigenvalue weighted by Crippen LogP contribution is 2.54. The maximum absolute atomic E-state index is 13.5. The fourth-order valence-corrected chi connectivity index (χ4v) is 4.72. The van der Waals surface area contributed by atoms with Crippen molar-refractivity contribution in [2.24, 2.45) is 14.1 Å². The van der Waals surface area contributed by atoms with Gasteiger partial charge in [-0.05, 0) is 47.7 Å². The van der Waals surface area contributed by atoms with Crippen LogP contribution in [0.4, 0.5) is 17.4 Å². The molecule has 142 valence electrons. The number of fused-ring (bicyclic) bond motifs is 6. The average molecular weight is 491 g/mol. The second kappa shape index (κ2) is 5.34. The van der Waals surface area contributed by atoms with Crippen LogP contribution in [0.5, 0.6) is 0 Å². The van der Waals surface area contributed by atoms with Crippen LogP contribution >= 0.6 is 22.6 Å². The van der Waals surface area contributed by atoms with Crippen molar-refractivity contribution in [1.82, 2.24) is 14.3 Å². The van der Waals surface area contributed by atoms with Gasteiger partial charge in [-0.3, -0.25) is 18.7 Å². The summed E-state index contributed by atoms with van der Waals surface area (Å²) in [5.41, 5.74) is -0.118. The minimum Gasteiger partial charge on any atom is -0.338 e. The Labute approximate surface area is 171 Å². The first-order chi connectivity index (χ1) is 13.3. The maximum atomic E-state index is 13.5. The first-order valence-electron chi connectivity index (χ1n) is 8.44. The highest BCUT2D eigenvalue weighted by molar-refractivity contribution is 14.1. The number of aryl methyl sites for hydroxylation is 1. The number of anilines is 3. The molecule has 1 amide bonds. The van der Waals surface area contributed by atoms with Gasteiger partial charge in [0.15, 0.2) is 0 Å². The van der Waals surface area contributed by atoms with Crippen molar-refractivity contribution in [2.75, 3.05) is 10.6 Å². The van der Waals surface area contributed by atoms with Crippen molar-refractivity contribution in [3.63, 3.8) is 0 Å². The lowest BCUT2D eigenvalue weighted by Gasteiger charge is -2.34. The van der Waals surface area contributed by atoms with Crippen LogP contribution in [0.2, 0.25) is 0 Å². The first kappa shape index (κ1) is 17.2. The van der Waals surface area contributed by atoms with Gasteiger partial charge in [-0.15, -0.1) is 0 Å². The number of rotatable bonds is 0. The van der Waals surface area contributed by atoms with Crippen LogP contribution in [0.25, 0.3) is 0 Å². The molecule has 2 aliphatic rings. The number of carbonyl (C=O) groups is 1. The topological polar surface area (TPSA) is 111 Å². The van der Waals surface area contributed by atoms with Crippen LogP contribution in [0, 0.1) is 10.5 Å². The predicted molar refractivity (Wildman–Crippen MR) is 109 cm³/mol. The number of benzene rings is 1. The van der Waals surface area contributed by atoms with E-state index in [1.165, 1.54) is 18.7 Å². The Balaban J connectivity index is 2.06. The fourth-order valence-electron chi connectivity index (χ4n) is 4.23. The average Bonchev–Trinajstić information content (AvgIpc) is 3.17. The molecule has 2 N–H and O–H groups in total. The van der Waals surface area contributed by atoms with E-state index >= 15 is 0 Å². The molecule has 1 atom stereocenters. The minimum absolute atomic E-state index is 0.175. The molecule has 0 aliphatic carbocycles. The van der Waals surface area contributed by atoms with Crippen molar-refractivity contribution < 1.29 is 9.32 Å². The minimum atomic E-state index is -1.46. The lowest BCUT2D eigenvalue weighted by Crippen LogP contribution is -2.50. The molecule has 1 spiro atoms. The van der Waals surface area contributed by atoms with Gasteiger partial charge in [0.25, 0.3) is 5.56 Å². The second-order valence-electron chi connectivity index (χ2n) is 6.92. The number of hydrogen-bond donors (Lipinski definition) is 2. The molecule has 1 unspecified atom stereocenters. The molecule has 0 bridgehead atoms. The summed E-state index contributed by atoms with van der Waals surface area (Å²) in [6.45, 7) is 1.72. The van der Waals surface area contributed by atoms with Crippen molar-refractivity contribution in [3.8, 4) is 0 Å². The molecule has 0 saturated heterocycles. The molecule has 3 aromatic rings. The summed E-state index contributed by atoms with van der Waals surface area (Å²) in [6.07, 6.45) is 0. The molecule has 0 saturated carbocycles. The van der Waals surface area contributed by atoms with Gasteiger partial charge in [0, 0.05) is 28.9 Å². The largest absolute Gasteiger partial charge is 0.338 e. The van der Waals surface area contributed by atoms with Crippen molar-refractivity contribution in [1.29, 1.82) is 0 Å². The molecule has 0 radical (unpaired) electrons. The molecule has 2 aromatic heterocycles. The zero-order chi connectivity index (χ0) is 20.0. The lowest BCUT2D eigenvalue weighted by atomic mass is 9.69. The molecule has 28 heavy (non-hydrogen) atoms. The number of halogens is 1. The normalized spacial score (nSPS) is 19.1. The number of amides is 1. The molecular weight excluding hydrogens is 477 g/mol. The van der Waals surface area contributed by atoms with E-state index < -0.39 is 16.7 Å². The van der Waals surface area contributed by atoms with Gasteiger partial charge < -0.3 is 15.2 Å². The second-order valence-corrected chi connectivity index (χ2v) is 8.17. The number of carbonyl (C=O) groups excluding carboxylic acids is 1. The molecule has 9 nitrogen and oxygen atoms in total. The highest BCUT2D eigenvalue weighted by atomic mass is 127. The Morgan fingerprint density at radius 3 is 2.61 bits per heavy atom. The zero-order valence-corrected chi connectivity index (χ0v) is 17.2. The number of hydrogen-bond acceptors (Lipinski definition) is 6. The third-order valence-electron chi connectivity index (χ3n) is 5.48. The summed E-state index contributed by atoms with van der Waals surface area (Å²) >= 11 is 2.16. The maximum Gasteiger partial charge on any atom is 0.332 e. The van der Waals surface area contributed by atoms with Crippen LogP contribution in [-0.4, -0.2) is 20.2 Å². The smallest absolute Gasteiger partial charge is 0.332 e. The zero-order valence-electron chi connectivity index (χ0n) is 15.1. The monoisotopic (exact) mass is 491 g/mol. The van der Waals surface area contributed by atoms with E-state index in [2.05, 4.69) is 38.4 Å². The van der Waals surface area contributed by atoms with Crippen molar-refractivity contribution in [2.45, 2.75) is 12.3 Å². The van der Waals surface area contributed by atoms with Gasteiger partial charge in [0.2, 0.25) is 11.8 Å². The highest BCUT2D eigenvalue weighted by Gasteiger charge is 2.58. The quantitative estimate of drug-likeness (QED) is 0.460. The van der Waals surface area contributed by atoms with Crippen LogP contribution < -0.4 is 21.9 Å². The third-order valence-corrected chi connectivity index (χ3v) is 6.15. The van der Waals surface area contributed by atoms with E-state index in [0.29, 0.717) is 22.5 Å². The summed E-state index contributed by atoms with van der Waals surface area (Å²) in [5.74, 6) is 0.0873. The van der Waals surface area contributed by atoms with Crippen LogP contribution in [0.1, 0.15) is 22.4 Å². The van der Waals surface area contributed by atoms with Crippen LogP contribution in [0.3, 0.4) is 0 Å². The van der Waals surface area contributed by atoms with Crippen LogP contribution in [-0.2, 0) is 24.3 Å². The number of aromatic nitrogens is 3. The Kier molecular flexibility index (Phi) is 3.28. The molecule has 1 aromatic carbocycles. The SMILES string of the molecule is Cc1noc2c1C1(C(=O)Nc3ccc(I)cc31)c1c(n(C)c(=O)n(C)c1=O)N2. The molecule has 2 aliphatic heterocycles. The Morgan fingerprint density at radius 1 is 1.11 bits per heavy atom. The van der Waals surface area contributed by atoms with Gasteiger partial charge in [0.05, 0.1) is 16.8 Å². The van der Waals surface area contributed by atoms with E-state index in [9.17, 15) is 14.4 Å². The molecule has 0 fully saturated rings. The van der Waals surface area contributed by atoms with E-state index in [0.717, 1.165) is 8.14 Å². The molecule has 5 rings (SSSR count). The van der Waals surface area contributed by atoms with Gasteiger partial charge in [-0.1, -0.05) is 5.16 Å². The predicted octanol–water partition coefficient (Wildman–Crippen LogP) is 1.33.